The van der Waals surface area contributed by atoms with Crippen LogP contribution < -0.4 is 0 Å². The molecule has 0 radical (unpaired) electrons. The van der Waals surface area contributed by atoms with E-state index in [4.69, 9.17) is 0 Å². The van der Waals surface area contributed by atoms with Crippen molar-refractivity contribution >= 4 is 11.9 Å². The van der Waals surface area contributed by atoms with E-state index in [0.29, 0.717) is 23.6 Å². The number of carbonyl (C=O) groups is 1. The Kier molecular flexibility index (Phi) is 2.79. The number of halogens is 1. The molecule has 0 bridgehead atoms. The van der Waals surface area contributed by atoms with Crippen LogP contribution in [-0.2, 0) is 6.42 Å². The molecule has 0 aliphatic heterocycles. The van der Waals surface area contributed by atoms with Gasteiger partial charge in [0.1, 0.15) is 11.6 Å². The number of nitrogens with zero attached hydrogens (tertiary/aromatic N) is 3. The molecule has 3 rings (SSSR count). The lowest BCUT2D eigenvalue weighted by atomic mass is 10.1. The van der Waals surface area contributed by atoms with Gasteiger partial charge in [0.2, 0.25) is 0 Å². The number of carbonyl (C=O) groups excluding carboxylic acids is 1. The number of fused-ring (bicyclic) bond motifs is 1. The molecule has 2 aromatic heterocycles. The van der Waals surface area contributed by atoms with Crippen LogP contribution >= 0.6 is 0 Å². The summed E-state index contributed by atoms with van der Waals surface area (Å²) in [7, 11) is 0. The van der Waals surface area contributed by atoms with Crippen LogP contribution in [0, 0.1) is 5.82 Å². The molecule has 0 fully saturated rings. The van der Waals surface area contributed by atoms with E-state index in [1.54, 1.807) is 28.7 Å². The van der Waals surface area contributed by atoms with Gasteiger partial charge < -0.3 is 0 Å². The second-order valence-corrected chi connectivity index (χ2v) is 4.19. The average molecular weight is 255 g/mol. The largest absolute Gasteiger partial charge is 0.296 e. The molecular formula is C14H10FN3O. The lowest BCUT2D eigenvalue weighted by Crippen LogP contribution is -2.01. The van der Waals surface area contributed by atoms with Crippen molar-refractivity contribution in [1.29, 1.82) is 0 Å². The third-order valence-electron chi connectivity index (χ3n) is 2.90. The molecule has 3 aromatic rings. The minimum atomic E-state index is -0.290. The van der Waals surface area contributed by atoms with Gasteiger partial charge in [-0.15, -0.1) is 10.2 Å². The van der Waals surface area contributed by atoms with Crippen LogP contribution in [0.3, 0.4) is 0 Å². The summed E-state index contributed by atoms with van der Waals surface area (Å²) in [5.41, 5.74) is 1.87. The van der Waals surface area contributed by atoms with Crippen LogP contribution in [0.1, 0.15) is 21.9 Å². The van der Waals surface area contributed by atoms with Crippen molar-refractivity contribution in [1.82, 2.24) is 14.6 Å². The monoisotopic (exact) mass is 255 g/mol. The number of rotatable bonds is 3. The number of hydrogen-bond donors (Lipinski definition) is 0. The van der Waals surface area contributed by atoms with E-state index in [9.17, 15) is 9.18 Å². The molecule has 0 atom stereocenters. The Morgan fingerprint density at radius 1 is 1.16 bits per heavy atom. The van der Waals surface area contributed by atoms with Crippen molar-refractivity contribution in [2.75, 3.05) is 0 Å². The van der Waals surface area contributed by atoms with Crippen LogP contribution in [0.2, 0.25) is 0 Å². The molecular weight excluding hydrogens is 245 g/mol. The van der Waals surface area contributed by atoms with Crippen molar-refractivity contribution in [3.8, 4) is 0 Å². The van der Waals surface area contributed by atoms with E-state index in [-0.39, 0.29) is 5.82 Å². The highest BCUT2D eigenvalue weighted by molar-refractivity contribution is 5.74. The van der Waals surface area contributed by atoms with Crippen LogP contribution in [0.15, 0.2) is 42.5 Å². The minimum absolute atomic E-state index is 0.290. The summed E-state index contributed by atoms with van der Waals surface area (Å²) < 4.78 is 14.8. The average Bonchev–Trinajstić information content (AvgIpc) is 2.82. The first-order valence-corrected chi connectivity index (χ1v) is 5.80. The van der Waals surface area contributed by atoms with Crippen molar-refractivity contribution in [2.45, 2.75) is 6.42 Å². The summed E-state index contributed by atoms with van der Waals surface area (Å²) in [6.07, 6.45) is 1.18. The molecule has 0 unspecified atom stereocenters. The summed E-state index contributed by atoms with van der Waals surface area (Å²) in [6.45, 7) is 0. The van der Waals surface area contributed by atoms with Gasteiger partial charge >= 0.3 is 0 Å². The Bertz CT molecular complexity index is 751. The van der Waals surface area contributed by atoms with E-state index in [0.717, 1.165) is 11.8 Å². The fourth-order valence-electron chi connectivity index (χ4n) is 2.06. The number of aromatic nitrogens is 3. The second-order valence-electron chi connectivity index (χ2n) is 4.19. The van der Waals surface area contributed by atoms with E-state index < -0.39 is 0 Å². The summed E-state index contributed by atoms with van der Waals surface area (Å²) in [5.74, 6) is 0.324. The topological polar surface area (TPSA) is 47.3 Å². The summed E-state index contributed by atoms with van der Waals surface area (Å²) in [6, 6.07) is 11.5. The van der Waals surface area contributed by atoms with Gasteiger partial charge in [-0.05, 0) is 29.8 Å². The van der Waals surface area contributed by atoms with Gasteiger partial charge in [-0.3, -0.25) is 9.20 Å². The first kappa shape index (κ1) is 11.5. The Hall–Kier alpha value is -2.56. The van der Waals surface area contributed by atoms with Gasteiger partial charge in [-0.2, -0.15) is 0 Å². The first-order chi connectivity index (χ1) is 9.28. The summed E-state index contributed by atoms with van der Waals surface area (Å²) in [4.78, 5) is 11.0. The van der Waals surface area contributed by atoms with Crippen molar-refractivity contribution in [2.24, 2.45) is 0 Å². The maximum atomic E-state index is 13.2. The molecule has 0 saturated carbocycles. The Labute approximate surface area is 108 Å². The van der Waals surface area contributed by atoms with Gasteiger partial charge in [0.25, 0.3) is 0 Å². The fraction of sp³-hybridized carbons (Fsp3) is 0.0714. The molecule has 0 amide bonds. The molecule has 1 aromatic carbocycles. The zero-order chi connectivity index (χ0) is 13.2. The van der Waals surface area contributed by atoms with E-state index >= 15 is 0 Å². The highest BCUT2D eigenvalue weighted by atomic mass is 19.1. The number of pyridine rings is 1. The number of hydrogen-bond acceptors (Lipinski definition) is 3. The van der Waals surface area contributed by atoms with Crippen LogP contribution in [0.25, 0.3) is 5.65 Å². The molecule has 0 aliphatic rings. The predicted molar refractivity (Wildman–Crippen MR) is 67.6 cm³/mol. The van der Waals surface area contributed by atoms with Crippen molar-refractivity contribution in [3.05, 3.63) is 65.4 Å². The molecule has 94 valence electrons. The first-order valence-electron chi connectivity index (χ1n) is 5.80. The maximum Gasteiger partial charge on any atom is 0.166 e. The zero-order valence-corrected chi connectivity index (χ0v) is 9.95. The predicted octanol–water partition coefficient (Wildman–Crippen LogP) is 2.27. The lowest BCUT2D eigenvalue weighted by molar-refractivity contribution is 0.111. The van der Waals surface area contributed by atoms with Gasteiger partial charge in [0.15, 0.2) is 11.9 Å². The second kappa shape index (κ2) is 4.61. The highest BCUT2D eigenvalue weighted by Crippen LogP contribution is 2.12. The standard InChI is InChI=1S/C14H10FN3O/c15-11-4-1-3-10(7-11)8-14-17-16-13-6-2-5-12(9-19)18(13)14/h1-7,9H,8H2. The molecule has 0 spiro atoms. The third-order valence-corrected chi connectivity index (χ3v) is 2.90. The van der Waals surface area contributed by atoms with Crippen LogP contribution in [0.4, 0.5) is 4.39 Å². The highest BCUT2D eigenvalue weighted by Gasteiger charge is 2.09. The van der Waals surface area contributed by atoms with Gasteiger partial charge in [-0.1, -0.05) is 18.2 Å². The summed E-state index contributed by atoms with van der Waals surface area (Å²) in [5, 5.41) is 8.07. The molecule has 4 nitrogen and oxygen atoms in total. The van der Waals surface area contributed by atoms with Crippen molar-refractivity contribution < 1.29 is 9.18 Å². The maximum absolute atomic E-state index is 13.2. The zero-order valence-electron chi connectivity index (χ0n) is 9.95. The van der Waals surface area contributed by atoms with E-state index in [1.165, 1.54) is 12.1 Å². The van der Waals surface area contributed by atoms with E-state index in [2.05, 4.69) is 10.2 Å². The minimum Gasteiger partial charge on any atom is -0.296 e. The molecule has 0 saturated heterocycles. The number of aldehydes is 1. The third kappa shape index (κ3) is 2.10. The van der Waals surface area contributed by atoms with Gasteiger partial charge in [-0.25, -0.2) is 4.39 Å². The quantitative estimate of drug-likeness (QED) is 0.674. The normalized spacial score (nSPS) is 10.8. The van der Waals surface area contributed by atoms with Gasteiger partial charge in [0, 0.05) is 6.42 Å². The molecule has 0 N–H and O–H groups in total. The number of benzene rings is 1. The molecule has 0 aliphatic carbocycles. The molecule has 2 heterocycles. The van der Waals surface area contributed by atoms with Crippen molar-refractivity contribution in [3.63, 3.8) is 0 Å². The lowest BCUT2D eigenvalue weighted by Gasteiger charge is -2.03. The van der Waals surface area contributed by atoms with Crippen LogP contribution in [0.5, 0.6) is 0 Å². The van der Waals surface area contributed by atoms with Crippen LogP contribution in [-0.4, -0.2) is 20.9 Å². The Morgan fingerprint density at radius 2 is 2.00 bits per heavy atom. The Balaban J connectivity index is 2.08. The summed E-state index contributed by atoms with van der Waals surface area (Å²) >= 11 is 0. The molecule has 5 heteroatoms. The SMILES string of the molecule is O=Cc1cccc2nnc(Cc3cccc(F)c3)n12. The Morgan fingerprint density at radius 3 is 2.79 bits per heavy atom. The van der Waals surface area contributed by atoms with Gasteiger partial charge in [0.05, 0.1) is 5.69 Å². The fourth-order valence-corrected chi connectivity index (χ4v) is 2.06. The van der Waals surface area contributed by atoms with E-state index in [1.807, 2.05) is 6.07 Å². The smallest absolute Gasteiger partial charge is 0.166 e. The molecule has 19 heavy (non-hydrogen) atoms.